The van der Waals surface area contributed by atoms with Gasteiger partial charge in [0, 0.05) is 24.0 Å². The second-order valence-corrected chi connectivity index (χ2v) is 14.6. The fourth-order valence-corrected chi connectivity index (χ4v) is 7.55. The van der Waals surface area contributed by atoms with Gasteiger partial charge >= 0.3 is 0 Å². The molecule has 1 atom stereocenters. The third-order valence-corrected chi connectivity index (χ3v) is 10.9. The van der Waals surface area contributed by atoms with Crippen LogP contribution in [0.2, 0.25) is 5.02 Å². The van der Waals surface area contributed by atoms with Gasteiger partial charge in [-0.3, -0.25) is 13.9 Å². The van der Waals surface area contributed by atoms with E-state index in [1.165, 1.54) is 24.3 Å². The number of benzene rings is 4. The maximum atomic E-state index is 14.7. The summed E-state index contributed by atoms with van der Waals surface area (Å²) in [5.74, 6) is -0.715. The van der Waals surface area contributed by atoms with Crippen molar-refractivity contribution in [3.8, 4) is 0 Å². The van der Waals surface area contributed by atoms with Crippen molar-refractivity contribution in [2.45, 2.75) is 75.9 Å². The van der Waals surface area contributed by atoms with Crippen LogP contribution >= 0.6 is 11.6 Å². The van der Waals surface area contributed by atoms with Crippen molar-refractivity contribution < 1.29 is 18.0 Å². The molecule has 9 heteroatoms. The zero-order valence-corrected chi connectivity index (χ0v) is 28.5. The minimum absolute atomic E-state index is 0.0124. The first-order valence-corrected chi connectivity index (χ1v) is 18.0. The number of sulfonamides is 1. The molecule has 2 amide bonds. The normalized spacial score (nSPS) is 14.3. The number of rotatable bonds is 12. The molecule has 0 heterocycles. The number of hydrogen-bond acceptors (Lipinski definition) is 4. The van der Waals surface area contributed by atoms with Gasteiger partial charge in [0.05, 0.1) is 10.6 Å². The van der Waals surface area contributed by atoms with E-state index < -0.39 is 28.5 Å². The minimum atomic E-state index is -4.20. The van der Waals surface area contributed by atoms with E-state index in [1.807, 2.05) is 80.6 Å². The van der Waals surface area contributed by atoms with Crippen molar-refractivity contribution in [2.75, 3.05) is 10.8 Å². The second kappa shape index (κ2) is 15.6. The first kappa shape index (κ1) is 34.2. The Hall–Kier alpha value is -4.14. The summed E-state index contributed by atoms with van der Waals surface area (Å²) in [6.45, 7) is 3.49. The van der Waals surface area contributed by atoms with E-state index in [-0.39, 0.29) is 29.8 Å². The van der Waals surface area contributed by atoms with E-state index in [4.69, 9.17) is 11.6 Å². The highest BCUT2D eigenvalue weighted by molar-refractivity contribution is 7.92. The lowest BCUT2D eigenvalue weighted by molar-refractivity contribution is -0.140. The first-order chi connectivity index (χ1) is 22.6. The molecule has 0 bridgehead atoms. The molecule has 7 nitrogen and oxygen atoms in total. The number of nitrogens with one attached hydrogen (secondary N) is 1. The molecule has 0 spiro atoms. The molecule has 0 aromatic heterocycles. The van der Waals surface area contributed by atoms with Crippen molar-refractivity contribution in [2.24, 2.45) is 0 Å². The molecule has 0 aliphatic heterocycles. The molecule has 0 radical (unpaired) electrons. The van der Waals surface area contributed by atoms with Crippen molar-refractivity contribution in [1.82, 2.24) is 10.2 Å². The van der Waals surface area contributed by atoms with Gasteiger partial charge in [0.1, 0.15) is 12.6 Å². The Morgan fingerprint density at radius 3 is 2.04 bits per heavy atom. The fourth-order valence-electron chi connectivity index (χ4n) is 6.02. The topological polar surface area (TPSA) is 86.8 Å². The molecule has 0 unspecified atom stereocenters. The second-order valence-electron chi connectivity index (χ2n) is 12.3. The monoisotopic (exact) mass is 671 g/mol. The van der Waals surface area contributed by atoms with E-state index in [2.05, 4.69) is 5.32 Å². The third-order valence-electron chi connectivity index (χ3n) is 8.88. The van der Waals surface area contributed by atoms with Crippen LogP contribution in [0.4, 0.5) is 5.69 Å². The molecule has 1 fully saturated rings. The number of anilines is 1. The summed E-state index contributed by atoms with van der Waals surface area (Å²) >= 11 is 6.09. The van der Waals surface area contributed by atoms with E-state index in [0.29, 0.717) is 10.7 Å². The van der Waals surface area contributed by atoms with Gasteiger partial charge in [0.2, 0.25) is 11.8 Å². The maximum absolute atomic E-state index is 14.7. The molecule has 0 saturated heterocycles. The maximum Gasteiger partial charge on any atom is 0.264 e. The smallest absolute Gasteiger partial charge is 0.264 e. The number of carbonyl (C=O) groups is 2. The Kier molecular flexibility index (Phi) is 11.4. The van der Waals surface area contributed by atoms with Crippen LogP contribution in [0.25, 0.3) is 0 Å². The van der Waals surface area contributed by atoms with Crippen LogP contribution in [0.1, 0.15) is 54.4 Å². The summed E-state index contributed by atoms with van der Waals surface area (Å²) in [4.78, 5) is 30.4. The average Bonchev–Trinajstić information content (AvgIpc) is 3.08. The highest BCUT2D eigenvalue weighted by atomic mass is 35.5. The van der Waals surface area contributed by atoms with Gasteiger partial charge < -0.3 is 10.2 Å². The van der Waals surface area contributed by atoms with Gasteiger partial charge in [0.15, 0.2) is 0 Å². The summed E-state index contributed by atoms with van der Waals surface area (Å²) in [5, 5.41) is 3.65. The molecular formula is C38H42ClN3O4S. The van der Waals surface area contributed by atoms with Crippen molar-refractivity contribution in [3.63, 3.8) is 0 Å². The van der Waals surface area contributed by atoms with Crippen molar-refractivity contribution in [1.29, 1.82) is 0 Å². The molecule has 4 aromatic carbocycles. The number of aryl methyl sites for hydroxylation is 2. The highest BCUT2D eigenvalue weighted by Gasteiger charge is 2.35. The van der Waals surface area contributed by atoms with Gasteiger partial charge in [0.25, 0.3) is 10.0 Å². The van der Waals surface area contributed by atoms with Gasteiger partial charge in [-0.2, -0.15) is 0 Å². The van der Waals surface area contributed by atoms with Gasteiger partial charge in [-0.1, -0.05) is 97.6 Å². The number of halogens is 1. The molecule has 1 saturated carbocycles. The van der Waals surface area contributed by atoms with Gasteiger partial charge in [-0.15, -0.1) is 0 Å². The summed E-state index contributed by atoms with van der Waals surface area (Å²) < 4.78 is 29.6. The Bertz CT molecular complexity index is 1760. The summed E-state index contributed by atoms with van der Waals surface area (Å²) in [6.07, 6.45) is 5.33. The van der Waals surface area contributed by atoms with Crippen molar-refractivity contribution in [3.05, 3.63) is 130 Å². The summed E-state index contributed by atoms with van der Waals surface area (Å²) in [6, 6.07) is 29.5. The van der Waals surface area contributed by atoms with Crippen LogP contribution < -0.4 is 9.62 Å². The van der Waals surface area contributed by atoms with E-state index >= 15 is 0 Å². The number of nitrogens with zero attached hydrogens (tertiary/aromatic N) is 2. The molecule has 4 aromatic rings. The molecule has 246 valence electrons. The van der Waals surface area contributed by atoms with Gasteiger partial charge in [-0.25, -0.2) is 8.42 Å². The Labute approximate surface area is 283 Å². The number of hydrogen-bond donors (Lipinski definition) is 1. The van der Waals surface area contributed by atoms with Crippen LogP contribution in [0.15, 0.2) is 108 Å². The number of amides is 2. The van der Waals surface area contributed by atoms with Crippen LogP contribution in [0.5, 0.6) is 0 Å². The molecule has 1 aliphatic carbocycles. The standard InChI is InChI=1S/C38H42ClN3O4S/c1-28-18-21-34(24-29(28)2)42(47(45,46)35-22-19-32(39)20-23-35)27-37(43)41(26-31-14-8-4-9-15-31)36(25-30-12-6-3-7-13-30)38(44)40-33-16-10-5-11-17-33/h3-4,6-9,12-15,18-24,33,36H,5,10-11,16-17,25-27H2,1-2H3,(H,40,44)/t36-/m0/s1. The van der Waals surface area contributed by atoms with Crippen LogP contribution in [0.3, 0.4) is 0 Å². The molecule has 1 N–H and O–H groups in total. The predicted molar refractivity (Wildman–Crippen MR) is 188 cm³/mol. The third kappa shape index (κ3) is 8.82. The van der Waals surface area contributed by atoms with Crippen LogP contribution in [0, 0.1) is 13.8 Å². The minimum Gasteiger partial charge on any atom is -0.352 e. The zero-order chi connectivity index (χ0) is 33.4. The molecule has 5 rings (SSSR count). The van der Waals surface area contributed by atoms with Crippen LogP contribution in [-0.2, 0) is 32.6 Å². The molecular weight excluding hydrogens is 630 g/mol. The zero-order valence-electron chi connectivity index (χ0n) is 26.9. The van der Waals surface area contributed by atoms with E-state index in [1.54, 1.807) is 17.0 Å². The number of carbonyl (C=O) groups excluding carboxylic acids is 2. The predicted octanol–water partition coefficient (Wildman–Crippen LogP) is 7.24. The quantitative estimate of drug-likeness (QED) is 0.172. The SMILES string of the molecule is Cc1ccc(N(CC(=O)N(Cc2ccccc2)[C@@H](Cc2ccccc2)C(=O)NC2CCCCC2)S(=O)(=O)c2ccc(Cl)cc2)cc1C. The first-order valence-electron chi connectivity index (χ1n) is 16.1. The average molecular weight is 672 g/mol. The van der Waals surface area contributed by atoms with Gasteiger partial charge in [-0.05, 0) is 85.3 Å². The molecule has 47 heavy (non-hydrogen) atoms. The lowest BCUT2D eigenvalue weighted by atomic mass is 9.94. The van der Waals surface area contributed by atoms with Crippen LogP contribution in [-0.4, -0.2) is 43.8 Å². The lowest BCUT2D eigenvalue weighted by Crippen LogP contribution is -2.55. The largest absolute Gasteiger partial charge is 0.352 e. The van der Waals surface area contributed by atoms with E-state index in [9.17, 15) is 18.0 Å². The van der Waals surface area contributed by atoms with E-state index in [0.717, 1.165) is 58.7 Å². The highest BCUT2D eigenvalue weighted by Crippen LogP contribution is 2.28. The lowest BCUT2D eigenvalue weighted by Gasteiger charge is -2.35. The summed E-state index contributed by atoms with van der Waals surface area (Å²) in [7, 11) is -4.20. The van der Waals surface area contributed by atoms with Crippen molar-refractivity contribution >= 4 is 39.1 Å². The Balaban J connectivity index is 1.56. The molecule has 1 aliphatic rings. The Morgan fingerprint density at radius 2 is 1.43 bits per heavy atom. The summed E-state index contributed by atoms with van der Waals surface area (Å²) in [5.41, 5.74) is 3.99. The Morgan fingerprint density at radius 1 is 0.809 bits per heavy atom. The fraction of sp³-hybridized carbons (Fsp3) is 0.316.